The fourth-order valence-corrected chi connectivity index (χ4v) is 3.73. The van der Waals surface area contributed by atoms with Crippen LogP contribution in [0.15, 0.2) is 24.9 Å². The molecule has 1 unspecified atom stereocenters. The first-order valence-electron chi connectivity index (χ1n) is 8.67. The number of nitrogens with one attached hydrogen (secondary N) is 1. The summed E-state index contributed by atoms with van der Waals surface area (Å²) in [5, 5.41) is 3.41. The van der Waals surface area contributed by atoms with Gasteiger partial charge in [0.2, 0.25) is 0 Å². The van der Waals surface area contributed by atoms with Gasteiger partial charge in [0.1, 0.15) is 0 Å². The molecule has 0 aliphatic carbocycles. The summed E-state index contributed by atoms with van der Waals surface area (Å²) in [6.45, 7) is 16.2. The number of nitrogens with zero attached hydrogens (tertiary/aromatic N) is 2. The maximum Gasteiger partial charge on any atom is 0.160 e. The molecule has 0 spiro atoms. The minimum atomic E-state index is 0.127. The summed E-state index contributed by atoms with van der Waals surface area (Å²) in [7, 11) is 0. The van der Waals surface area contributed by atoms with Gasteiger partial charge in [0.25, 0.3) is 0 Å². The highest BCUT2D eigenvalue weighted by molar-refractivity contribution is 5.97. The zero-order chi connectivity index (χ0) is 17.4. The van der Waals surface area contributed by atoms with Crippen LogP contribution in [0.2, 0.25) is 0 Å². The van der Waals surface area contributed by atoms with Gasteiger partial charge in [-0.05, 0) is 56.5 Å². The highest BCUT2D eigenvalue weighted by atomic mass is 16.1. The van der Waals surface area contributed by atoms with Crippen molar-refractivity contribution < 1.29 is 4.79 Å². The molecule has 1 aliphatic rings. The highest BCUT2D eigenvalue weighted by Crippen LogP contribution is 2.30. The summed E-state index contributed by atoms with van der Waals surface area (Å²) >= 11 is 0. The number of aromatic nitrogens is 1. The van der Waals surface area contributed by atoms with Gasteiger partial charge in [-0.1, -0.05) is 6.58 Å². The van der Waals surface area contributed by atoms with Crippen molar-refractivity contribution in [2.75, 3.05) is 26.2 Å². The number of pyridine rings is 1. The molecule has 4 heteroatoms. The van der Waals surface area contributed by atoms with Gasteiger partial charge >= 0.3 is 0 Å². The van der Waals surface area contributed by atoms with Gasteiger partial charge in [0, 0.05) is 55.2 Å². The number of piperazine rings is 1. The Balaban J connectivity index is 2.20. The lowest BCUT2D eigenvalue weighted by molar-refractivity contribution is 0.101. The normalized spacial score (nSPS) is 17.2. The van der Waals surface area contributed by atoms with Crippen molar-refractivity contribution in [3.8, 4) is 0 Å². The lowest BCUT2D eigenvalue weighted by Crippen LogP contribution is -2.45. The first-order chi connectivity index (χ1) is 11.4. The van der Waals surface area contributed by atoms with Crippen LogP contribution in [0.5, 0.6) is 0 Å². The first-order valence-corrected chi connectivity index (χ1v) is 8.67. The Morgan fingerprint density at radius 1 is 1.25 bits per heavy atom. The molecule has 0 aromatic carbocycles. The molecule has 2 aromatic heterocycles. The van der Waals surface area contributed by atoms with Crippen molar-refractivity contribution in [3.05, 3.63) is 47.3 Å². The molecular formula is C20H27N3O. The van der Waals surface area contributed by atoms with Crippen LogP contribution < -0.4 is 5.32 Å². The van der Waals surface area contributed by atoms with Gasteiger partial charge in [-0.15, -0.1) is 0 Å². The Bertz CT molecular complexity index is 797. The number of hydrogen-bond acceptors (Lipinski definition) is 3. The molecule has 3 rings (SSSR count). The summed E-state index contributed by atoms with van der Waals surface area (Å²) in [4.78, 5) is 14.6. The average molecular weight is 325 g/mol. The van der Waals surface area contributed by atoms with Crippen molar-refractivity contribution in [1.29, 1.82) is 0 Å². The molecule has 2 aromatic rings. The Labute approximate surface area is 144 Å². The predicted molar refractivity (Wildman–Crippen MR) is 99.7 cm³/mol. The third-order valence-corrected chi connectivity index (χ3v) is 5.16. The summed E-state index contributed by atoms with van der Waals surface area (Å²) in [6, 6.07) is 4.40. The molecule has 3 heterocycles. The third kappa shape index (κ3) is 2.92. The van der Waals surface area contributed by atoms with Gasteiger partial charge in [-0.3, -0.25) is 9.69 Å². The molecule has 1 aliphatic heterocycles. The van der Waals surface area contributed by atoms with Crippen LogP contribution >= 0.6 is 0 Å². The summed E-state index contributed by atoms with van der Waals surface area (Å²) in [5.74, 6) is 0.127. The first kappa shape index (κ1) is 16.9. The number of carbonyl (C=O) groups excluding carboxylic acids is 1. The van der Waals surface area contributed by atoms with Crippen LogP contribution in [0, 0.1) is 6.92 Å². The topological polar surface area (TPSA) is 36.8 Å². The number of Topliss-reactive ketones (excluding diaryl/α,β-unsaturated/α-hetero) is 1. The molecule has 0 saturated carbocycles. The maximum atomic E-state index is 12.2. The second-order valence-electron chi connectivity index (χ2n) is 6.89. The SMILES string of the molecule is C=C(C)c1cc2cc(C(C)=O)c(C)c(C(C)N3CCNCC3)n2c1. The smallest absolute Gasteiger partial charge is 0.160 e. The molecule has 1 atom stereocenters. The minimum Gasteiger partial charge on any atom is -0.318 e. The molecular weight excluding hydrogens is 298 g/mol. The molecule has 1 N–H and O–H groups in total. The molecule has 1 fully saturated rings. The largest absolute Gasteiger partial charge is 0.318 e. The molecule has 0 radical (unpaired) electrons. The van der Waals surface area contributed by atoms with Gasteiger partial charge in [-0.25, -0.2) is 0 Å². The predicted octanol–water partition coefficient (Wildman–Crippen LogP) is 3.45. The molecule has 24 heavy (non-hydrogen) atoms. The lowest BCUT2D eigenvalue weighted by Gasteiger charge is -2.34. The zero-order valence-electron chi connectivity index (χ0n) is 15.1. The quantitative estimate of drug-likeness (QED) is 0.875. The number of ketones is 1. The molecule has 4 nitrogen and oxygen atoms in total. The number of fused-ring (bicyclic) bond motifs is 1. The fourth-order valence-electron chi connectivity index (χ4n) is 3.73. The van der Waals surface area contributed by atoms with Crippen molar-refractivity contribution in [2.24, 2.45) is 0 Å². The van der Waals surface area contributed by atoms with Crippen molar-refractivity contribution >= 4 is 16.9 Å². The van der Waals surface area contributed by atoms with Crippen molar-refractivity contribution in [2.45, 2.75) is 33.7 Å². The van der Waals surface area contributed by atoms with Crippen LogP contribution in [-0.2, 0) is 0 Å². The van der Waals surface area contributed by atoms with E-state index in [1.54, 1.807) is 6.92 Å². The number of hydrogen-bond donors (Lipinski definition) is 1. The summed E-state index contributed by atoms with van der Waals surface area (Å²) in [5.41, 5.74) is 6.37. The monoisotopic (exact) mass is 325 g/mol. The Hall–Kier alpha value is -1.91. The lowest BCUT2D eigenvalue weighted by atomic mass is 9.99. The minimum absolute atomic E-state index is 0.127. The van der Waals surface area contributed by atoms with E-state index in [0.29, 0.717) is 0 Å². The Kier molecular flexibility index (Phi) is 4.61. The van der Waals surface area contributed by atoms with Gasteiger partial charge in [-0.2, -0.15) is 0 Å². The van der Waals surface area contributed by atoms with E-state index < -0.39 is 0 Å². The average Bonchev–Trinajstić information content (AvgIpc) is 2.98. The van der Waals surface area contributed by atoms with E-state index >= 15 is 0 Å². The number of carbonyl (C=O) groups is 1. The van der Waals surface area contributed by atoms with Crippen LogP contribution in [0.3, 0.4) is 0 Å². The van der Waals surface area contributed by atoms with Crippen LogP contribution in [0.4, 0.5) is 0 Å². The van der Waals surface area contributed by atoms with Crippen LogP contribution in [0.25, 0.3) is 11.1 Å². The summed E-state index contributed by atoms with van der Waals surface area (Å²) in [6.07, 6.45) is 2.16. The second-order valence-corrected chi connectivity index (χ2v) is 6.89. The number of rotatable bonds is 4. The Morgan fingerprint density at radius 3 is 2.50 bits per heavy atom. The van der Waals surface area contributed by atoms with Crippen LogP contribution in [0.1, 0.15) is 54.0 Å². The van der Waals surface area contributed by atoms with E-state index in [1.807, 2.05) is 13.0 Å². The van der Waals surface area contributed by atoms with E-state index in [9.17, 15) is 4.79 Å². The molecule has 1 saturated heterocycles. The molecule has 0 amide bonds. The van der Waals surface area contributed by atoms with E-state index in [-0.39, 0.29) is 11.8 Å². The van der Waals surface area contributed by atoms with Crippen molar-refractivity contribution in [3.63, 3.8) is 0 Å². The number of allylic oxidation sites excluding steroid dienone is 1. The summed E-state index contributed by atoms with van der Waals surface area (Å²) < 4.78 is 2.25. The fraction of sp³-hybridized carbons (Fsp3) is 0.450. The third-order valence-electron chi connectivity index (χ3n) is 5.16. The standard InChI is InChI=1S/C20H27N3O/c1-13(2)17-10-18-11-19(16(5)24)14(3)20(23(18)12-17)15(4)22-8-6-21-7-9-22/h10-12,15,21H,1,6-9H2,2-5H3. The van der Waals surface area contributed by atoms with E-state index in [0.717, 1.165) is 54.0 Å². The molecule has 0 bridgehead atoms. The van der Waals surface area contributed by atoms with Crippen molar-refractivity contribution in [1.82, 2.24) is 14.6 Å². The van der Waals surface area contributed by atoms with Crippen LogP contribution in [-0.4, -0.2) is 41.3 Å². The van der Waals surface area contributed by atoms with E-state index in [1.165, 1.54) is 5.69 Å². The van der Waals surface area contributed by atoms with Gasteiger partial charge in [0.05, 0.1) is 0 Å². The maximum absolute atomic E-state index is 12.2. The van der Waals surface area contributed by atoms with Gasteiger partial charge < -0.3 is 9.72 Å². The van der Waals surface area contributed by atoms with E-state index in [4.69, 9.17) is 0 Å². The Morgan fingerprint density at radius 2 is 1.92 bits per heavy atom. The molecule has 128 valence electrons. The second kappa shape index (κ2) is 6.54. The highest BCUT2D eigenvalue weighted by Gasteiger charge is 2.24. The van der Waals surface area contributed by atoms with Gasteiger partial charge in [0.15, 0.2) is 5.78 Å². The zero-order valence-corrected chi connectivity index (χ0v) is 15.1. The van der Waals surface area contributed by atoms with E-state index in [2.05, 4.69) is 47.3 Å².